The van der Waals surface area contributed by atoms with Gasteiger partial charge < -0.3 is 10.0 Å². The van der Waals surface area contributed by atoms with Crippen molar-refractivity contribution in [1.29, 1.82) is 0 Å². The number of aromatic nitrogens is 1. The highest BCUT2D eigenvalue weighted by Crippen LogP contribution is 2.06. The average molecular weight is 328 g/mol. The summed E-state index contributed by atoms with van der Waals surface area (Å²) in [4.78, 5) is 3.88. The highest BCUT2D eigenvalue weighted by Gasteiger charge is 2.16. The first-order valence-electron chi connectivity index (χ1n) is 2.79. The van der Waals surface area contributed by atoms with Crippen molar-refractivity contribution < 1.29 is 10.0 Å². The largest absolute Gasteiger partial charge is 0.509 e. The van der Waals surface area contributed by atoms with Gasteiger partial charge in [-0.05, 0) is 50.7 Å². The van der Waals surface area contributed by atoms with E-state index in [1.165, 1.54) is 0 Å². The molecular weight excluding hydrogens is 324 g/mol. The highest BCUT2D eigenvalue weighted by atomic mass is 127. The van der Waals surface area contributed by atoms with Gasteiger partial charge in [0.1, 0.15) is 4.60 Å². The van der Waals surface area contributed by atoms with E-state index in [9.17, 15) is 0 Å². The monoisotopic (exact) mass is 327 g/mol. The maximum absolute atomic E-state index is 8.80. The first kappa shape index (κ1) is 9.43. The lowest BCUT2D eigenvalue weighted by Gasteiger charge is -2.01. The Hall–Kier alpha value is 0.345. The number of nitrogens with zero attached hydrogens (tertiary/aromatic N) is 1. The van der Waals surface area contributed by atoms with Crippen molar-refractivity contribution in [3.05, 3.63) is 20.3 Å². The Morgan fingerprint density at radius 1 is 1.45 bits per heavy atom. The van der Waals surface area contributed by atoms with Gasteiger partial charge in [-0.1, -0.05) is 0 Å². The van der Waals surface area contributed by atoms with Gasteiger partial charge in [0.2, 0.25) is 0 Å². The van der Waals surface area contributed by atoms with Gasteiger partial charge in [-0.2, -0.15) is 0 Å². The van der Waals surface area contributed by atoms with Gasteiger partial charge in [0.15, 0.2) is 0 Å². The summed E-state index contributed by atoms with van der Waals surface area (Å²) in [5.74, 6) is 0. The number of pyridine rings is 1. The summed E-state index contributed by atoms with van der Waals surface area (Å²) in [7, 11) is -1.50. The summed E-state index contributed by atoms with van der Waals surface area (Å²) in [5.41, 5.74) is 0.278. The number of hydrogen-bond donors (Lipinski definition) is 2. The van der Waals surface area contributed by atoms with Gasteiger partial charge in [0.05, 0.1) is 5.59 Å². The molecule has 0 radical (unpaired) electrons. The molecule has 11 heavy (non-hydrogen) atoms. The van der Waals surface area contributed by atoms with Gasteiger partial charge in [-0.15, -0.1) is 0 Å². The molecule has 0 saturated heterocycles. The van der Waals surface area contributed by atoms with E-state index in [4.69, 9.17) is 10.0 Å². The molecule has 0 bridgehead atoms. The van der Waals surface area contributed by atoms with Crippen LogP contribution in [0.5, 0.6) is 0 Å². The SMILES string of the molecule is OB(O)c1nc(Br)ccc1I. The predicted octanol–water partition coefficient (Wildman–Crippen LogP) is 0.128. The van der Waals surface area contributed by atoms with Crippen LogP contribution in [0.4, 0.5) is 0 Å². The molecule has 0 aliphatic carbocycles. The quantitative estimate of drug-likeness (QED) is 0.438. The molecule has 0 spiro atoms. The van der Waals surface area contributed by atoms with Crippen LogP contribution in [0.25, 0.3) is 0 Å². The molecule has 0 unspecified atom stereocenters. The zero-order valence-corrected chi connectivity index (χ0v) is 9.07. The Balaban J connectivity index is 3.13. The minimum Gasteiger partial charge on any atom is -0.422 e. The van der Waals surface area contributed by atoms with Crippen molar-refractivity contribution >= 4 is 51.2 Å². The standard InChI is InChI=1S/C5H4BBrINO2/c7-4-2-1-3(8)5(9-4)6(10)11/h1-2,10-11H. The summed E-state index contributed by atoms with van der Waals surface area (Å²) in [6.07, 6.45) is 0. The first-order chi connectivity index (χ1) is 5.11. The maximum Gasteiger partial charge on any atom is 0.509 e. The van der Waals surface area contributed by atoms with Crippen LogP contribution in [0.3, 0.4) is 0 Å². The average Bonchev–Trinajstić information content (AvgIpc) is 1.94. The molecular formula is C5H4BBrINO2. The number of hydrogen-bond acceptors (Lipinski definition) is 3. The van der Waals surface area contributed by atoms with Crippen molar-refractivity contribution in [2.45, 2.75) is 0 Å². The third-order valence-corrected chi connectivity index (χ3v) is 2.44. The molecule has 0 saturated carbocycles. The van der Waals surface area contributed by atoms with Crippen LogP contribution in [0.2, 0.25) is 0 Å². The zero-order chi connectivity index (χ0) is 8.43. The van der Waals surface area contributed by atoms with E-state index in [0.29, 0.717) is 4.60 Å². The molecule has 0 aliphatic heterocycles. The lowest BCUT2D eigenvalue weighted by molar-refractivity contribution is 0.424. The Morgan fingerprint density at radius 2 is 2.09 bits per heavy atom. The molecule has 58 valence electrons. The van der Waals surface area contributed by atoms with E-state index in [1.54, 1.807) is 12.1 Å². The van der Waals surface area contributed by atoms with Crippen LogP contribution >= 0.6 is 38.5 Å². The molecule has 0 atom stereocenters. The first-order valence-corrected chi connectivity index (χ1v) is 4.66. The normalized spacial score (nSPS) is 9.82. The molecule has 2 N–H and O–H groups in total. The van der Waals surface area contributed by atoms with Crippen LogP contribution in [0, 0.1) is 3.57 Å². The van der Waals surface area contributed by atoms with E-state index < -0.39 is 7.12 Å². The Bertz CT molecular complexity index is 271. The van der Waals surface area contributed by atoms with Crippen molar-refractivity contribution in [1.82, 2.24) is 4.98 Å². The smallest absolute Gasteiger partial charge is 0.422 e. The molecule has 1 aromatic heterocycles. The summed E-state index contributed by atoms with van der Waals surface area (Å²) in [6.45, 7) is 0. The molecule has 0 fully saturated rings. The lowest BCUT2D eigenvalue weighted by atomic mass is 9.86. The van der Waals surface area contributed by atoms with Crippen LogP contribution in [0.15, 0.2) is 16.7 Å². The summed E-state index contributed by atoms with van der Waals surface area (Å²) < 4.78 is 1.34. The van der Waals surface area contributed by atoms with Gasteiger partial charge in [0, 0.05) is 3.57 Å². The molecule has 1 heterocycles. The van der Waals surface area contributed by atoms with Crippen molar-refractivity contribution in [2.24, 2.45) is 0 Å². The third-order valence-electron chi connectivity index (χ3n) is 1.08. The van der Waals surface area contributed by atoms with Crippen molar-refractivity contribution in [3.63, 3.8) is 0 Å². The lowest BCUT2D eigenvalue weighted by Crippen LogP contribution is -2.35. The van der Waals surface area contributed by atoms with Gasteiger partial charge >= 0.3 is 7.12 Å². The minimum absolute atomic E-state index is 0.278. The molecule has 3 nitrogen and oxygen atoms in total. The predicted molar refractivity (Wildman–Crippen MR) is 54.5 cm³/mol. The molecule has 0 aliphatic rings. The van der Waals surface area contributed by atoms with Crippen LogP contribution in [0.1, 0.15) is 0 Å². The Labute approximate surface area is 86.3 Å². The second kappa shape index (κ2) is 3.84. The van der Waals surface area contributed by atoms with Gasteiger partial charge in [0.25, 0.3) is 0 Å². The fraction of sp³-hybridized carbons (Fsp3) is 0. The third kappa shape index (κ3) is 2.39. The molecule has 0 amide bonds. The molecule has 1 aromatic rings. The second-order valence-corrected chi connectivity index (χ2v) is 3.85. The van der Waals surface area contributed by atoms with Gasteiger partial charge in [-0.25, -0.2) is 4.98 Å². The zero-order valence-electron chi connectivity index (χ0n) is 5.33. The molecule has 0 aromatic carbocycles. The fourth-order valence-corrected chi connectivity index (χ4v) is 1.52. The highest BCUT2D eigenvalue weighted by molar-refractivity contribution is 14.1. The van der Waals surface area contributed by atoms with Crippen LogP contribution < -0.4 is 5.59 Å². The molecule has 1 rings (SSSR count). The Kier molecular flexibility index (Phi) is 3.29. The van der Waals surface area contributed by atoms with E-state index in [2.05, 4.69) is 20.9 Å². The minimum atomic E-state index is -1.50. The van der Waals surface area contributed by atoms with Crippen LogP contribution in [-0.2, 0) is 0 Å². The van der Waals surface area contributed by atoms with E-state index in [-0.39, 0.29) is 5.59 Å². The van der Waals surface area contributed by atoms with Crippen molar-refractivity contribution in [3.8, 4) is 0 Å². The number of rotatable bonds is 1. The topological polar surface area (TPSA) is 53.4 Å². The van der Waals surface area contributed by atoms with E-state index in [1.807, 2.05) is 22.6 Å². The number of halogens is 2. The summed E-state index contributed by atoms with van der Waals surface area (Å²) >= 11 is 5.12. The summed E-state index contributed by atoms with van der Waals surface area (Å²) in [6, 6.07) is 3.50. The Morgan fingerprint density at radius 3 is 2.55 bits per heavy atom. The molecule has 6 heteroatoms. The van der Waals surface area contributed by atoms with Gasteiger partial charge in [-0.3, -0.25) is 0 Å². The second-order valence-electron chi connectivity index (χ2n) is 1.87. The fourth-order valence-electron chi connectivity index (χ4n) is 0.614. The van der Waals surface area contributed by atoms with E-state index in [0.717, 1.165) is 3.57 Å². The summed E-state index contributed by atoms with van der Waals surface area (Å²) in [5, 5.41) is 17.6. The van der Waals surface area contributed by atoms with Crippen molar-refractivity contribution in [2.75, 3.05) is 0 Å². The maximum atomic E-state index is 8.80. The van der Waals surface area contributed by atoms with E-state index >= 15 is 0 Å². The van der Waals surface area contributed by atoms with Crippen LogP contribution in [-0.4, -0.2) is 22.2 Å².